The largest absolute Gasteiger partial charge is 0.280 e. The molecule has 2 nitrogen and oxygen atoms in total. The maximum atomic E-state index is 2.70. The van der Waals surface area contributed by atoms with Crippen LogP contribution in [-0.4, -0.2) is 53.5 Å². The Morgan fingerprint density at radius 2 is 0.704 bits per heavy atom. The molecule has 0 aromatic heterocycles. The standard InChI is InChI=1S/C21H42N2S4/c1-16-22(17(2)25-20(5)24-16)14-12-10-8-7-9-11-13-15-23-18(3)26-21(6)27-19(23)4/h16-21H,7-15H2,1-6H3/t16-,17+,18-,19+,20?,21?. The molecule has 27 heavy (non-hydrogen) atoms. The first-order chi connectivity index (χ1) is 12.9. The molecule has 2 heterocycles. The lowest BCUT2D eigenvalue weighted by atomic mass is 10.1. The van der Waals surface area contributed by atoms with Crippen molar-refractivity contribution in [1.29, 1.82) is 0 Å². The van der Waals surface area contributed by atoms with Gasteiger partial charge in [-0.2, -0.15) is 0 Å². The summed E-state index contributed by atoms with van der Waals surface area (Å²) < 4.78 is 1.51. The maximum absolute atomic E-state index is 2.70. The molecule has 6 heteroatoms. The third-order valence-electron chi connectivity index (χ3n) is 5.76. The second kappa shape index (κ2) is 12.9. The van der Waals surface area contributed by atoms with Crippen molar-refractivity contribution in [3.8, 4) is 0 Å². The molecule has 2 rings (SSSR count). The summed E-state index contributed by atoms with van der Waals surface area (Å²) in [6, 6.07) is 0. The van der Waals surface area contributed by atoms with Crippen molar-refractivity contribution in [3.05, 3.63) is 0 Å². The van der Waals surface area contributed by atoms with Crippen molar-refractivity contribution in [2.24, 2.45) is 0 Å². The van der Waals surface area contributed by atoms with Crippen LogP contribution in [0.5, 0.6) is 0 Å². The van der Waals surface area contributed by atoms with E-state index >= 15 is 0 Å². The average Bonchev–Trinajstić information content (AvgIpc) is 2.56. The molecular weight excluding hydrogens is 409 g/mol. The molecule has 0 amide bonds. The highest BCUT2D eigenvalue weighted by Crippen LogP contribution is 2.41. The van der Waals surface area contributed by atoms with Gasteiger partial charge in [0.1, 0.15) is 0 Å². The van der Waals surface area contributed by atoms with Crippen molar-refractivity contribution in [1.82, 2.24) is 9.80 Å². The molecule has 2 fully saturated rings. The van der Waals surface area contributed by atoms with Gasteiger partial charge in [-0.15, -0.1) is 47.0 Å². The molecule has 160 valence electrons. The van der Waals surface area contributed by atoms with Gasteiger partial charge in [0.05, 0.1) is 30.7 Å². The summed E-state index contributed by atoms with van der Waals surface area (Å²) in [6.45, 7) is 16.8. The Morgan fingerprint density at radius 1 is 0.444 bits per heavy atom. The molecule has 0 aliphatic carbocycles. The summed E-state index contributed by atoms with van der Waals surface area (Å²) in [5, 5.41) is 2.76. The number of unbranched alkanes of at least 4 members (excludes halogenated alkanes) is 6. The highest BCUT2D eigenvalue weighted by atomic mass is 32.2. The number of nitrogens with zero attached hydrogens (tertiary/aromatic N) is 2. The summed E-state index contributed by atoms with van der Waals surface area (Å²) in [7, 11) is 0. The van der Waals surface area contributed by atoms with E-state index in [1.165, 1.54) is 58.0 Å². The van der Waals surface area contributed by atoms with Gasteiger partial charge in [0.2, 0.25) is 0 Å². The minimum absolute atomic E-state index is 0.690. The van der Waals surface area contributed by atoms with Gasteiger partial charge in [0.15, 0.2) is 0 Å². The quantitative estimate of drug-likeness (QED) is 0.318. The van der Waals surface area contributed by atoms with E-state index in [1.54, 1.807) is 0 Å². The number of hydrogen-bond donors (Lipinski definition) is 0. The number of rotatable bonds is 10. The Bertz CT molecular complexity index is 352. The van der Waals surface area contributed by atoms with Crippen molar-refractivity contribution in [2.75, 3.05) is 13.1 Å². The Kier molecular flexibility index (Phi) is 11.7. The fraction of sp³-hybridized carbons (Fsp3) is 1.00. The first kappa shape index (κ1) is 24.6. The van der Waals surface area contributed by atoms with Gasteiger partial charge in [-0.05, 0) is 54.4 Å². The molecule has 0 aromatic rings. The third-order valence-corrected chi connectivity index (χ3v) is 11.3. The van der Waals surface area contributed by atoms with Crippen LogP contribution in [-0.2, 0) is 0 Å². The predicted octanol–water partition coefficient (Wildman–Crippen LogP) is 7.36. The lowest BCUT2D eigenvalue weighted by Crippen LogP contribution is -2.42. The Balaban J connectivity index is 1.46. The van der Waals surface area contributed by atoms with Crippen molar-refractivity contribution in [2.45, 2.75) is 117 Å². The van der Waals surface area contributed by atoms with Crippen LogP contribution in [0.15, 0.2) is 0 Å². The van der Waals surface area contributed by atoms with E-state index in [0.717, 1.165) is 9.16 Å². The second-order valence-electron chi connectivity index (χ2n) is 8.03. The Morgan fingerprint density at radius 3 is 1.00 bits per heavy atom. The topological polar surface area (TPSA) is 6.48 Å². The highest BCUT2D eigenvalue weighted by molar-refractivity contribution is 8.18. The van der Waals surface area contributed by atoms with E-state index in [1.807, 2.05) is 0 Å². The SMILES string of the molecule is CC1S[C@@H](C)N(CCCCCCCCCN2[C@H](C)SC(C)S[C@@H]2C)[C@@H](C)S1. The molecule has 0 aromatic carbocycles. The predicted molar refractivity (Wildman–Crippen MR) is 133 cm³/mol. The van der Waals surface area contributed by atoms with Crippen LogP contribution < -0.4 is 0 Å². The summed E-state index contributed by atoms with van der Waals surface area (Å²) in [5.41, 5.74) is 0. The molecule has 0 spiro atoms. The number of hydrogen-bond acceptors (Lipinski definition) is 6. The molecule has 2 unspecified atom stereocenters. The zero-order chi connectivity index (χ0) is 19.8. The van der Waals surface area contributed by atoms with Gasteiger partial charge < -0.3 is 0 Å². The van der Waals surface area contributed by atoms with Crippen LogP contribution in [0.25, 0.3) is 0 Å². The van der Waals surface area contributed by atoms with E-state index in [-0.39, 0.29) is 0 Å². The van der Waals surface area contributed by atoms with Gasteiger partial charge in [-0.3, -0.25) is 9.80 Å². The first-order valence-corrected chi connectivity index (χ1v) is 14.8. The number of thioether (sulfide) groups is 4. The molecule has 2 saturated heterocycles. The third kappa shape index (κ3) is 8.53. The normalized spacial score (nSPS) is 36.2. The fourth-order valence-electron chi connectivity index (χ4n) is 4.28. The molecule has 0 radical (unpaired) electrons. The average molecular weight is 451 g/mol. The Hall–Kier alpha value is 1.32. The molecule has 0 bridgehead atoms. The monoisotopic (exact) mass is 450 g/mol. The first-order valence-electron chi connectivity index (χ1n) is 11.0. The minimum atomic E-state index is 0.690. The second-order valence-corrected chi connectivity index (χ2v) is 15.3. The van der Waals surface area contributed by atoms with Crippen LogP contribution in [0.1, 0.15) is 86.5 Å². The van der Waals surface area contributed by atoms with E-state index < -0.39 is 0 Å². The summed E-state index contributed by atoms with van der Waals surface area (Å²) >= 11 is 8.50. The molecule has 2 aliphatic heterocycles. The Labute approximate surface area is 186 Å². The zero-order valence-electron chi connectivity index (χ0n) is 18.4. The van der Waals surface area contributed by atoms with Crippen LogP contribution in [0.4, 0.5) is 0 Å². The zero-order valence-corrected chi connectivity index (χ0v) is 21.6. The van der Waals surface area contributed by atoms with Crippen molar-refractivity contribution >= 4 is 47.0 Å². The van der Waals surface area contributed by atoms with E-state index in [9.17, 15) is 0 Å². The summed E-state index contributed by atoms with van der Waals surface area (Å²) in [4.78, 5) is 5.40. The molecule has 0 N–H and O–H groups in total. The van der Waals surface area contributed by atoms with E-state index in [4.69, 9.17) is 0 Å². The van der Waals surface area contributed by atoms with Crippen LogP contribution in [0, 0.1) is 0 Å². The highest BCUT2D eigenvalue weighted by Gasteiger charge is 2.30. The smallest absolute Gasteiger partial charge is 0.0550 e. The van der Waals surface area contributed by atoms with Gasteiger partial charge in [0.25, 0.3) is 0 Å². The van der Waals surface area contributed by atoms with Gasteiger partial charge in [-0.1, -0.05) is 32.1 Å². The molecule has 0 saturated carbocycles. The minimum Gasteiger partial charge on any atom is -0.280 e. The molecular formula is C21H42N2S4. The van der Waals surface area contributed by atoms with Gasteiger partial charge in [-0.25, -0.2) is 0 Å². The molecule has 6 atom stereocenters. The van der Waals surface area contributed by atoms with Crippen LogP contribution >= 0.6 is 47.0 Å². The molecule has 2 aliphatic rings. The van der Waals surface area contributed by atoms with Crippen molar-refractivity contribution in [3.63, 3.8) is 0 Å². The fourth-order valence-corrected chi connectivity index (χ4v) is 10.9. The maximum Gasteiger partial charge on any atom is 0.0550 e. The lowest BCUT2D eigenvalue weighted by molar-refractivity contribution is 0.247. The van der Waals surface area contributed by atoms with Crippen molar-refractivity contribution < 1.29 is 0 Å². The lowest BCUT2D eigenvalue weighted by Gasteiger charge is -2.40. The summed E-state index contributed by atoms with van der Waals surface area (Å²) in [5.74, 6) is 0. The van der Waals surface area contributed by atoms with Crippen LogP contribution in [0.3, 0.4) is 0 Å². The van der Waals surface area contributed by atoms with E-state index in [0.29, 0.717) is 21.5 Å². The van der Waals surface area contributed by atoms with Gasteiger partial charge >= 0.3 is 0 Å². The summed E-state index contributed by atoms with van der Waals surface area (Å²) in [6.07, 6.45) is 9.84. The van der Waals surface area contributed by atoms with Crippen LogP contribution in [0.2, 0.25) is 0 Å². The van der Waals surface area contributed by atoms with Gasteiger partial charge in [0, 0.05) is 13.1 Å². The van der Waals surface area contributed by atoms with E-state index in [2.05, 4.69) is 98.4 Å².